The van der Waals surface area contributed by atoms with Gasteiger partial charge in [-0.25, -0.2) is 0 Å². The molecule has 0 radical (unpaired) electrons. The molecule has 2 N–H and O–H groups in total. The molecule has 2 aromatic rings. The predicted molar refractivity (Wildman–Crippen MR) is 84.9 cm³/mol. The van der Waals surface area contributed by atoms with Crippen molar-refractivity contribution in [1.29, 1.82) is 0 Å². The molecule has 20 heavy (non-hydrogen) atoms. The molecule has 104 valence electrons. The molecular weight excluding hydrogens is 242 g/mol. The van der Waals surface area contributed by atoms with Gasteiger partial charge in [-0.1, -0.05) is 54.6 Å². The van der Waals surface area contributed by atoms with Gasteiger partial charge in [0, 0.05) is 6.04 Å². The molecule has 0 saturated carbocycles. The highest BCUT2D eigenvalue weighted by Crippen LogP contribution is 2.35. The number of hydrogen-bond donors (Lipinski definition) is 1. The van der Waals surface area contributed by atoms with Crippen molar-refractivity contribution in [3.63, 3.8) is 0 Å². The van der Waals surface area contributed by atoms with Crippen molar-refractivity contribution in [3.05, 3.63) is 71.3 Å². The van der Waals surface area contributed by atoms with Crippen molar-refractivity contribution in [1.82, 2.24) is 0 Å². The minimum Gasteiger partial charge on any atom is -0.327 e. The van der Waals surface area contributed by atoms with Crippen molar-refractivity contribution in [3.8, 4) is 0 Å². The summed E-state index contributed by atoms with van der Waals surface area (Å²) in [6.45, 7) is 0. The third-order valence-corrected chi connectivity index (χ3v) is 4.54. The van der Waals surface area contributed by atoms with E-state index in [1.54, 1.807) is 0 Å². The first-order valence-electron chi connectivity index (χ1n) is 7.72. The van der Waals surface area contributed by atoms with Crippen molar-refractivity contribution in [2.75, 3.05) is 0 Å². The van der Waals surface area contributed by atoms with Gasteiger partial charge in [0.1, 0.15) is 0 Å². The molecule has 2 aromatic carbocycles. The number of fused-ring (bicyclic) bond motifs is 1. The van der Waals surface area contributed by atoms with Crippen LogP contribution in [0.15, 0.2) is 54.6 Å². The van der Waals surface area contributed by atoms with Gasteiger partial charge < -0.3 is 5.73 Å². The molecule has 3 rings (SSSR count). The van der Waals surface area contributed by atoms with E-state index in [9.17, 15) is 0 Å². The second-order valence-corrected chi connectivity index (χ2v) is 5.89. The number of rotatable bonds is 5. The van der Waals surface area contributed by atoms with Crippen molar-refractivity contribution in [2.24, 2.45) is 5.73 Å². The molecule has 0 aromatic heterocycles. The van der Waals surface area contributed by atoms with Crippen molar-refractivity contribution < 1.29 is 0 Å². The van der Waals surface area contributed by atoms with Crippen LogP contribution >= 0.6 is 0 Å². The lowest BCUT2D eigenvalue weighted by molar-refractivity contribution is 0.482. The van der Waals surface area contributed by atoms with E-state index in [4.69, 9.17) is 5.73 Å². The average Bonchev–Trinajstić information content (AvgIpc) is 2.92. The Morgan fingerprint density at radius 3 is 2.60 bits per heavy atom. The van der Waals surface area contributed by atoms with E-state index >= 15 is 0 Å². The van der Waals surface area contributed by atoms with Crippen LogP contribution in [0.4, 0.5) is 0 Å². The van der Waals surface area contributed by atoms with E-state index in [2.05, 4.69) is 54.6 Å². The second kappa shape index (κ2) is 6.23. The summed E-state index contributed by atoms with van der Waals surface area (Å²) in [5.74, 6) is 0.571. The SMILES string of the molecule is NC(CCCc1ccccc1)C1CCc2ccccc21. The summed E-state index contributed by atoms with van der Waals surface area (Å²) in [7, 11) is 0. The van der Waals surface area contributed by atoms with Crippen LogP contribution in [0, 0.1) is 0 Å². The second-order valence-electron chi connectivity index (χ2n) is 5.89. The first-order chi connectivity index (χ1) is 9.84. The van der Waals surface area contributed by atoms with Crippen LogP contribution in [0.5, 0.6) is 0 Å². The molecule has 2 atom stereocenters. The zero-order valence-corrected chi connectivity index (χ0v) is 12.0. The van der Waals surface area contributed by atoms with Gasteiger partial charge in [0.25, 0.3) is 0 Å². The molecule has 1 aliphatic carbocycles. The van der Waals surface area contributed by atoms with Crippen molar-refractivity contribution in [2.45, 2.75) is 44.1 Å². The maximum Gasteiger partial charge on any atom is 0.0108 e. The van der Waals surface area contributed by atoms with E-state index in [0.717, 1.165) is 12.8 Å². The highest BCUT2D eigenvalue weighted by atomic mass is 14.7. The van der Waals surface area contributed by atoms with Crippen LogP contribution in [0.1, 0.15) is 41.9 Å². The third kappa shape index (κ3) is 2.94. The molecule has 1 aliphatic rings. The lowest BCUT2D eigenvalue weighted by Crippen LogP contribution is -2.27. The number of nitrogens with two attached hydrogens (primary N) is 1. The molecular formula is C19H23N. The van der Waals surface area contributed by atoms with Gasteiger partial charge in [0.15, 0.2) is 0 Å². The molecule has 0 amide bonds. The molecule has 1 heteroatoms. The zero-order chi connectivity index (χ0) is 13.8. The average molecular weight is 265 g/mol. The van der Waals surface area contributed by atoms with Crippen LogP contribution in [0.25, 0.3) is 0 Å². The molecule has 1 nitrogen and oxygen atoms in total. The van der Waals surface area contributed by atoms with Gasteiger partial charge in [-0.05, 0) is 54.7 Å². The minimum absolute atomic E-state index is 0.308. The monoisotopic (exact) mass is 265 g/mol. The normalized spacial score (nSPS) is 18.8. The smallest absolute Gasteiger partial charge is 0.0108 e. The Kier molecular flexibility index (Phi) is 4.17. The minimum atomic E-state index is 0.308. The lowest BCUT2D eigenvalue weighted by Gasteiger charge is -2.20. The Balaban J connectivity index is 1.54. The predicted octanol–water partition coefficient (Wildman–Crippen LogP) is 4.07. The van der Waals surface area contributed by atoms with Gasteiger partial charge in [-0.15, -0.1) is 0 Å². The summed E-state index contributed by atoms with van der Waals surface area (Å²) in [5, 5.41) is 0. The Hall–Kier alpha value is -1.60. The summed E-state index contributed by atoms with van der Waals surface area (Å²) < 4.78 is 0. The van der Waals surface area contributed by atoms with E-state index in [1.807, 2.05) is 0 Å². The molecule has 0 bridgehead atoms. The summed E-state index contributed by atoms with van der Waals surface area (Å²) in [6.07, 6.45) is 5.87. The first-order valence-corrected chi connectivity index (χ1v) is 7.72. The fraction of sp³-hybridized carbons (Fsp3) is 0.368. The fourth-order valence-electron chi connectivity index (χ4n) is 3.42. The largest absolute Gasteiger partial charge is 0.327 e. The van der Waals surface area contributed by atoms with Crippen LogP contribution in [-0.2, 0) is 12.8 Å². The number of aryl methyl sites for hydroxylation is 2. The molecule has 2 unspecified atom stereocenters. The lowest BCUT2D eigenvalue weighted by atomic mass is 9.90. The third-order valence-electron chi connectivity index (χ3n) is 4.54. The van der Waals surface area contributed by atoms with Gasteiger partial charge in [0.05, 0.1) is 0 Å². The molecule has 0 saturated heterocycles. The van der Waals surface area contributed by atoms with Gasteiger partial charge in [0.2, 0.25) is 0 Å². The van der Waals surface area contributed by atoms with Crippen LogP contribution in [0.2, 0.25) is 0 Å². The fourth-order valence-corrected chi connectivity index (χ4v) is 3.42. The molecule has 0 fully saturated rings. The highest BCUT2D eigenvalue weighted by Gasteiger charge is 2.26. The quantitative estimate of drug-likeness (QED) is 0.866. The van der Waals surface area contributed by atoms with Crippen LogP contribution < -0.4 is 5.73 Å². The molecule has 0 heterocycles. The Morgan fingerprint density at radius 1 is 1.00 bits per heavy atom. The van der Waals surface area contributed by atoms with Crippen molar-refractivity contribution >= 4 is 0 Å². The van der Waals surface area contributed by atoms with Gasteiger partial charge >= 0.3 is 0 Å². The van der Waals surface area contributed by atoms with Gasteiger partial charge in [-0.3, -0.25) is 0 Å². The van der Waals surface area contributed by atoms with E-state index in [0.29, 0.717) is 12.0 Å². The standard InChI is InChI=1S/C19H23N/c20-19(12-6-9-15-7-2-1-3-8-15)18-14-13-16-10-4-5-11-17(16)18/h1-5,7-8,10-11,18-19H,6,9,12-14,20H2. The Morgan fingerprint density at radius 2 is 1.75 bits per heavy atom. The summed E-state index contributed by atoms with van der Waals surface area (Å²) in [5.41, 5.74) is 10.9. The topological polar surface area (TPSA) is 26.0 Å². The molecule has 0 spiro atoms. The summed E-state index contributed by atoms with van der Waals surface area (Å²) in [4.78, 5) is 0. The summed E-state index contributed by atoms with van der Waals surface area (Å²) >= 11 is 0. The Bertz CT molecular complexity index is 547. The number of benzene rings is 2. The van der Waals surface area contributed by atoms with E-state index in [1.165, 1.54) is 36.0 Å². The summed E-state index contributed by atoms with van der Waals surface area (Å²) in [6, 6.07) is 19.8. The first kappa shape index (κ1) is 13.4. The van der Waals surface area contributed by atoms with E-state index in [-0.39, 0.29) is 0 Å². The zero-order valence-electron chi connectivity index (χ0n) is 12.0. The van der Waals surface area contributed by atoms with Crippen LogP contribution in [-0.4, -0.2) is 6.04 Å². The highest BCUT2D eigenvalue weighted by molar-refractivity contribution is 5.35. The molecule has 0 aliphatic heterocycles. The van der Waals surface area contributed by atoms with Crippen LogP contribution in [0.3, 0.4) is 0 Å². The van der Waals surface area contributed by atoms with Gasteiger partial charge in [-0.2, -0.15) is 0 Å². The number of hydrogen-bond acceptors (Lipinski definition) is 1. The Labute approximate surface area is 121 Å². The maximum atomic E-state index is 6.46. The maximum absolute atomic E-state index is 6.46. The van der Waals surface area contributed by atoms with E-state index < -0.39 is 0 Å².